The average Bonchev–Trinajstić information content (AvgIpc) is 2.84. The maximum absolute atomic E-state index is 5.18. The molecule has 0 radical (unpaired) electrons. The van der Waals surface area contributed by atoms with Crippen molar-refractivity contribution in [1.29, 1.82) is 0 Å². The van der Waals surface area contributed by atoms with Crippen LogP contribution in [0.4, 0.5) is 0 Å². The van der Waals surface area contributed by atoms with Crippen LogP contribution < -0.4 is 4.74 Å². The van der Waals surface area contributed by atoms with Gasteiger partial charge >= 0.3 is 0 Å². The van der Waals surface area contributed by atoms with Crippen molar-refractivity contribution in [3.8, 4) is 5.75 Å². The largest absolute Gasteiger partial charge is 0.497 e. The molecule has 6 heteroatoms. The second-order valence-electron chi connectivity index (χ2n) is 4.35. The Hall–Kier alpha value is -1.15. The lowest BCUT2D eigenvalue weighted by Crippen LogP contribution is -1.94. The van der Waals surface area contributed by atoms with E-state index < -0.39 is 0 Å². The molecule has 0 aliphatic heterocycles. The molecule has 2 heterocycles. The number of aromatic nitrogens is 3. The molecule has 4 nitrogen and oxygen atoms in total. The van der Waals surface area contributed by atoms with Gasteiger partial charge in [-0.3, -0.25) is 5.10 Å². The van der Waals surface area contributed by atoms with E-state index in [1.165, 1.54) is 11.1 Å². The van der Waals surface area contributed by atoms with E-state index in [9.17, 15) is 0 Å². The normalized spacial score (nSPS) is 10.9. The third-order valence-electron chi connectivity index (χ3n) is 3.13. The van der Waals surface area contributed by atoms with Crippen molar-refractivity contribution < 1.29 is 4.74 Å². The minimum atomic E-state index is 0.751. The number of nitrogens with one attached hydrogen (secondary N) is 1. The summed E-state index contributed by atoms with van der Waals surface area (Å²) in [7, 11) is 1.67. The smallest absolute Gasteiger partial charge is 0.182 e. The minimum absolute atomic E-state index is 0.751. The number of ether oxygens (including phenoxy) is 1. The third kappa shape index (κ3) is 2.54. The maximum atomic E-state index is 5.18. The van der Waals surface area contributed by atoms with Crippen LogP contribution in [0, 0.1) is 3.70 Å². The third-order valence-corrected chi connectivity index (χ3v) is 4.60. The van der Waals surface area contributed by atoms with E-state index in [1.807, 2.05) is 12.1 Å². The number of H-pyrrole nitrogens is 1. The Kier molecular flexibility index (Phi) is 3.93. The van der Waals surface area contributed by atoms with Crippen LogP contribution in [0.15, 0.2) is 34.9 Å². The highest BCUT2D eigenvalue weighted by molar-refractivity contribution is 14.1. The number of rotatable bonds is 3. The van der Waals surface area contributed by atoms with Crippen LogP contribution in [0.2, 0.25) is 0 Å². The first kappa shape index (κ1) is 13.8. The molecule has 0 bridgehead atoms. The van der Waals surface area contributed by atoms with Gasteiger partial charge in [-0.25, -0.2) is 4.98 Å². The predicted molar refractivity (Wildman–Crippen MR) is 90.1 cm³/mol. The zero-order valence-corrected chi connectivity index (χ0v) is 14.4. The molecule has 1 N–H and O–H groups in total. The minimum Gasteiger partial charge on any atom is -0.497 e. The monoisotopic (exact) mass is 443 g/mol. The van der Waals surface area contributed by atoms with Gasteiger partial charge in [-0.05, 0) is 68.2 Å². The molecular formula is C14H11BrIN3O. The summed E-state index contributed by atoms with van der Waals surface area (Å²) in [6.45, 7) is 0. The van der Waals surface area contributed by atoms with Gasteiger partial charge in [-0.2, -0.15) is 5.10 Å². The molecule has 3 rings (SSSR count). The Morgan fingerprint density at radius 2 is 2.05 bits per heavy atom. The summed E-state index contributed by atoms with van der Waals surface area (Å²) in [6, 6.07) is 8.10. The highest BCUT2D eigenvalue weighted by Gasteiger charge is 2.13. The van der Waals surface area contributed by atoms with Crippen molar-refractivity contribution in [2.75, 3.05) is 7.11 Å². The standard InChI is InChI=1S/C14H11BrIN3O/c1-20-9-4-2-8(3-5-9)6-10-11(15)7-17-14-12(10)13(16)18-19-14/h2-5,7H,6H2,1H3,(H,17,18,19). The second kappa shape index (κ2) is 5.69. The lowest BCUT2D eigenvalue weighted by atomic mass is 10.0. The van der Waals surface area contributed by atoms with Crippen LogP contribution >= 0.6 is 38.5 Å². The van der Waals surface area contributed by atoms with Crippen molar-refractivity contribution >= 4 is 49.6 Å². The Morgan fingerprint density at radius 1 is 1.30 bits per heavy atom. The van der Waals surface area contributed by atoms with E-state index in [4.69, 9.17) is 4.74 Å². The van der Waals surface area contributed by atoms with Gasteiger partial charge in [0.25, 0.3) is 0 Å². The Labute approximate surface area is 138 Å². The average molecular weight is 444 g/mol. The molecule has 0 aliphatic carbocycles. The quantitative estimate of drug-likeness (QED) is 0.624. The topological polar surface area (TPSA) is 50.8 Å². The molecule has 2 aromatic heterocycles. The maximum Gasteiger partial charge on any atom is 0.182 e. The van der Waals surface area contributed by atoms with E-state index in [-0.39, 0.29) is 0 Å². The SMILES string of the molecule is COc1ccc(Cc2c(Br)cnc3n[nH]c(I)c23)cc1. The number of aromatic amines is 1. The molecule has 102 valence electrons. The summed E-state index contributed by atoms with van der Waals surface area (Å²) in [5.41, 5.74) is 3.16. The summed E-state index contributed by atoms with van der Waals surface area (Å²) >= 11 is 5.84. The van der Waals surface area contributed by atoms with Crippen LogP contribution in [-0.2, 0) is 6.42 Å². The fraction of sp³-hybridized carbons (Fsp3) is 0.143. The molecule has 0 spiro atoms. The van der Waals surface area contributed by atoms with Crippen LogP contribution in [0.25, 0.3) is 11.0 Å². The fourth-order valence-electron chi connectivity index (χ4n) is 2.11. The van der Waals surface area contributed by atoms with E-state index in [0.29, 0.717) is 0 Å². The summed E-state index contributed by atoms with van der Waals surface area (Å²) in [6.07, 6.45) is 2.62. The molecule has 0 amide bonds. The summed E-state index contributed by atoms with van der Waals surface area (Å²) < 4.78 is 7.19. The Balaban J connectivity index is 2.04. The van der Waals surface area contributed by atoms with Gasteiger partial charge in [0, 0.05) is 10.7 Å². The van der Waals surface area contributed by atoms with Gasteiger partial charge in [0.2, 0.25) is 0 Å². The van der Waals surface area contributed by atoms with Gasteiger partial charge < -0.3 is 4.74 Å². The zero-order chi connectivity index (χ0) is 14.1. The van der Waals surface area contributed by atoms with Crippen LogP contribution in [0.5, 0.6) is 5.75 Å². The molecule has 20 heavy (non-hydrogen) atoms. The molecular weight excluding hydrogens is 433 g/mol. The van der Waals surface area contributed by atoms with Crippen LogP contribution in [-0.4, -0.2) is 22.3 Å². The first-order valence-corrected chi connectivity index (χ1v) is 7.86. The van der Waals surface area contributed by atoms with Gasteiger partial charge in [-0.1, -0.05) is 12.1 Å². The summed E-state index contributed by atoms with van der Waals surface area (Å²) in [5, 5.41) is 8.27. The Bertz CT molecular complexity index is 755. The molecule has 0 atom stereocenters. The number of halogens is 2. The van der Waals surface area contributed by atoms with Crippen molar-refractivity contribution in [3.63, 3.8) is 0 Å². The van der Waals surface area contributed by atoms with E-state index in [1.54, 1.807) is 13.3 Å². The highest BCUT2D eigenvalue weighted by atomic mass is 127. The highest BCUT2D eigenvalue weighted by Crippen LogP contribution is 2.29. The van der Waals surface area contributed by atoms with E-state index >= 15 is 0 Å². The lowest BCUT2D eigenvalue weighted by molar-refractivity contribution is 0.414. The van der Waals surface area contributed by atoms with Crippen molar-refractivity contribution in [2.24, 2.45) is 0 Å². The van der Waals surface area contributed by atoms with Crippen molar-refractivity contribution in [1.82, 2.24) is 15.2 Å². The number of fused-ring (bicyclic) bond motifs is 1. The molecule has 0 saturated carbocycles. The molecule has 0 unspecified atom stereocenters. The number of nitrogens with zero attached hydrogens (tertiary/aromatic N) is 2. The zero-order valence-electron chi connectivity index (χ0n) is 10.7. The first-order chi connectivity index (χ1) is 9.69. The van der Waals surface area contributed by atoms with Gasteiger partial charge in [0.1, 0.15) is 9.45 Å². The number of methoxy groups -OCH3 is 1. The van der Waals surface area contributed by atoms with Gasteiger partial charge in [0.05, 0.1) is 12.5 Å². The van der Waals surface area contributed by atoms with Crippen LogP contribution in [0.3, 0.4) is 0 Å². The fourth-order valence-corrected chi connectivity index (χ4v) is 3.24. The van der Waals surface area contributed by atoms with Crippen LogP contribution in [0.1, 0.15) is 11.1 Å². The summed E-state index contributed by atoms with van der Waals surface area (Å²) in [5.74, 6) is 0.866. The Morgan fingerprint density at radius 3 is 2.75 bits per heavy atom. The molecule has 3 aromatic rings. The summed E-state index contributed by atoms with van der Waals surface area (Å²) in [4.78, 5) is 4.32. The first-order valence-electron chi connectivity index (χ1n) is 5.99. The molecule has 0 fully saturated rings. The van der Waals surface area contributed by atoms with E-state index in [0.717, 1.165) is 31.4 Å². The molecule has 0 saturated heterocycles. The van der Waals surface area contributed by atoms with Crippen molar-refractivity contribution in [2.45, 2.75) is 6.42 Å². The van der Waals surface area contributed by atoms with Crippen molar-refractivity contribution in [3.05, 3.63) is 49.8 Å². The lowest BCUT2D eigenvalue weighted by Gasteiger charge is -2.07. The number of pyridine rings is 1. The molecule has 1 aromatic carbocycles. The molecule has 0 aliphatic rings. The van der Waals surface area contributed by atoms with E-state index in [2.05, 4.69) is 65.8 Å². The van der Waals surface area contributed by atoms with Gasteiger partial charge in [0.15, 0.2) is 5.65 Å². The van der Waals surface area contributed by atoms with Gasteiger partial charge in [-0.15, -0.1) is 0 Å². The number of hydrogen-bond donors (Lipinski definition) is 1. The predicted octanol–water partition coefficient (Wildman–Crippen LogP) is 3.92. The second-order valence-corrected chi connectivity index (χ2v) is 6.28. The number of hydrogen-bond acceptors (Lipinski definition) is 3. The number of benzene rings is 1.